The molecular formula is C20H24N2O3S2. The van der Waals surface area contributed by atoms with Gasteiger partial charge < -0.3 is 5.32 Å². The lowest BCUT2D eigenvalue weighted by Crippen LogP contribution is -2.41. The van der Waals surface area contributed by atoms with Crippen LogP contribution in [0.25, 0.3) is 0 Å². The molecule has 1 aliphatic rings. The standard InChI is InChI=1S/C20H24N2O3S2/c1-15-7-9-17(10-8-15)27(24,25)22-13-11-16(12-14-22)20(23)21-18-5-3-4-6-19(18)26-2/h3-10,16H,11-14H2,1-2H3,(H,21,23). The van der Waals surface area contributed by atoms with Crippen LogP contribution in [-0.2, 0) is 14.8 Å². The zero-order chi connectivity index (χ0) is 19.4. The number of sulfonamides is 1. The van der Waals surface area contributed by atoms with E-state index in [1.54, 1.807) is 36.0 Å². The number of aryl methyl sites for hydroxylation is 1. The molecular weight excluding hydrogens is 380 g/mol. The molecule has 1 amide bonds. The van der Waals surface area contributed by atoms with Gasteiger partial charge in [-0.3, -0.25) is 4.79 Å². The average molecular weight is 405 g/mol. The van der Waals surface area contributed by atoms with Crippen molar-refractivity contribution in [3.63, 3.8) is 0 Å². The number of amides is 1. The van der Waals surface area contributed by atoms with Crippen molar-refractivity contribution in [3.8, 4) is 0 Å². The number of hydrogen-bond acceptors (Lipinski definition) is 4. The summed E-state index contributed by atoms with van der Waals surface area (Å²) in [4.78, 5) is 13.9. The third-order valence-corrected chi connectivity index (χ3v) is 7.56. The molecule has 0 aromatic heterocycles. The third kappa shape index (κ3) is 4.54. The molecule has 0 aliphatic carbocycles. The summed E-state index contributed by atoms with van der Waals surface area (Å²) >= 11 is 1.58. The second-order valence-electron chi connectivity index (χ2n) is 6.68. The van der Waals surface area contributed by atoms with Gasteiger partial charge in [-0.1, -0.05) is 29.8 Å². The minimum atomic E-state index is -3.50. The van der Waals surface area contributed by atoms with E-state index in [0.717, 1.165) is 16.1 Å². The van der Waals surface area contributed by atoms with E-state index in [1.165, 1.54) is 4.31 Å². The Morgan fingerprint density at radius 3 is 2.33 bits per heavy atom. The van der Waals surface area contributed by atoms with Crippen LogP contribution in [0.5, 0.6) is 0 Å². The van der Waals surface area contributed by atoms with E-state index in [0.29, 0.717) is 30.8 Å². The fourth-order valence-electron chi connectivity index (χ4n) is 3.20. The molecule has 1 N–H and O–H groups in total. The lowest BCUT2D eigenvalue weighted by Gasteiger charge is -2.30. The molecule has 0 radical (unpaired) electrons. The molecule has 5 nitrogen and oxygen atoms in total. The Morgan fingerprint density at radius 2 is 1.70 bits per heavy atom. The van der Waals surface area contributed by atoms with Crippen molar-refractivity contribution < 1.29 is 13.2 Å². The summed E-state index contributed by atoms with van der Waals surface area (Å²) in [6.07, 6.45) is 3.02. The van der Waals surface area contributed by atoms with Gasteiger partial charge in [0.1, 0.15) is 0 Å². The maximum absolute atomic E-state index is 12.8. The van der Waals surface area contributed by atoms with Crippen LogP contribution < -0.4 is 5.32 Å². The predicted octanol–water partition coefficient (Wildman–Crippen LogP) is 3.76. The van der Waals surface area contributed by atoms with Crippen molar-refractivity contribution in [3.05, 3.63) is 54.1 Å². The van der Waals surface area contributed by atoms with Crippen LogP contribution in [0.1, 0.15) is 18.4 Å². The number of benzene rings is 2. The predicted molar refractivity (Wildman–Crippen MR) is 110 cm³/mol. The Kier molecular flexibility index (Phi) is 6.24. The van der Waals surface area contributed by atoms with E-state index >= 15 is 0 Å². The third-order valence-electron chi connectivity index (χ3n) is 4.85. The van der Waals surface area contributed by atoms with E-state index in [-0.39, 0.29) is 11.8 Å². The highest BCUT2D eigenvalue weighted by atomic mass is 32.2. The maximum atomic E-state index is 12.8. The molecule has 0 atom stereocenters. The molecule has 3 rings (SSSR count). The van der Waals surface area contributed by atoms with Crippen molar-refractivity contribution in [2.45, 2.75) is 29.6 Å². The first-order valence-electron chi connectivity index (χ1n) is 8.92. The summed E-state index contributed by atoms with van der Waals surface area (Å²) in [6.45, 7) is 2.65. The summed E-state index contributed by atoms with van der Waals surface area (Å²) in [7, 11) is -3.50. The summed E-state index contributed by atoms with van der Waals surface area (Å²) in [5.74, 6) is -0.215. The largest absolute Gasteiger partial charge is 0.325 e. The quantitative estimate of drug-likeness (QED) is 0.771. The molecule has 0 bridgehead atoms. The van der Waals surface area contributed by atoms with Crippen LogP contribution in [0.3, 0.4) is 0 Å². The number of carbonyl (C=O) groups excluding carboxylic acids is 1. The Morgan fingerprint density at radius 1 is 1.07 bits per heavy atom. The van der Waals surface area contributed by atoms with E-state index in [2.05, 4.69) is 5.32 Å². The van der Waals surface area contributed by atoms with Crippen LogP contribution in [0.2, 0.25) is 0 Å². The van der Waals surface area contributed by atoms with Crippen LogP contribution in [0.15, 0.2) is 58.3 Å². The fourth-order valence-corrected chi connectivity index (χ4v) is 5.22. The summed E-state index contributed by atoms with van der Waals surface area (Å²) in [5, 5.41) is 2.99. The minimum absolute atomic E-state index is 0.0381. The van der Waals surface area contributed by atoms with E-state index in [9.17, 15) is 13.2 Å². The van der Waals surface area contributed by atoms with Crippen LogP contribution >= 0.6 is 11.8 Å². The van der Waals surface area contributed by atoms with Gasteiger partial charge in [-0.05, 0) is 50.3 Å². The molecule has 1 heterocycles. The number of piperidine rings is 1. The lowest BCUT2D eigenvalue weighted by molar-refractivity contribution is -0.120. The Labute approximate surface area is 165 Å². The Balaban J connectivity index is 1.63. The molecule has 2 aromatic carbocycles. The number of anilines is 1. The number of rotatable bonds is 5. The first-order chi connectivity index (χ1) is 12.9. The lowest BCUT2D eigenvalue weighted by atomic mass is 9.97. The molecule has 2 aromatic rings. The van der Waals surface area contributed by atoms with Crippen molar-refractivity contribution in [1.82, 2.24) is 4.31 Å². The number of nitrogens with one attached hydrogen (secondary N) is 1. The highest BCUT2D eigenvalue weighted by Crippen LogP contribution is 2.28. The smallest absolute Gasteiger partial charge is 0.243 e. The van der Waals surface area contributed by atoms with Gasteiger partial charge in [0.2, 0.25) is 15.9 Å². The van der Waals surface area contributed by atoms with Gasteiger partial charge in [0.05, 0.1) is 10.6 Å². The number of nitrogens with zero attached hydrogens (tertiary/aromatic N) is 1. The minimum Gasteiger partial charge on any atom is -0.325 e. The molecule has 1 aliphatic heterocycles. The normalized spacial score (nSPS) is 16.2. The second-order valence-corrected chi connectivity index (χ2v) is 9.47. The average Bonchev–Trinajstić information content (AvgIpc) is 2.69. The van der Waals surface area contributed by atoms with Crippen LogP contribution in [0.4, 0.5) is 5.69 Å². The van der Waals surface area contributed by atoms with Gasteiger partial charge >= 0.3 is 0 Å². The van der Waals surface area contributed by atoms with E-state index in [1.807, 2.05) is 37.4 Å². The number of hydrogen-bond donors (Lipinski definition) is 1. The fraction of sp³-hybridized carbons (Fsp3) is 0.350. The van der Waals surface area contributed by atoms with Crippen molar-refractivity contribution in [2.75, 3.05) is 24.7 Å². The number of carbonyl (C=O) groups is 1. The van der Waals surface area contributed by atoms with Gasteiger partial charge in [-0.25, -0.2) is 8.42 Å². The van der Waals surface area contributed by atoms with Gasteiger partial charge in [-0.15, -0.1) is 11.8 Å². The maximum Gasteiger partial charge on any atom is 0.243 e. The summed E-state index contributed by atoms with van der Waals surface area (Å²) in [5.41, 5.74) is 1.83. The molecule has 0 unspecified atom stereocenters. The molecule has 144 valence electrons. The highest BCUT2D eigenvalue weighted by Gasteiger charge is 2.32. The first-order valence-corrected chi connectivity index (χ1v) is 11.6. The van der Waals surface area contributed by atoms with Crippen LogP contribution in [0, 0.1) is 12.8 Å². The molecule has 0 spiro atoms. The van der Waals surface area contributed by atoms with E-state index in [4.69, 9.17) is 0 Å². The second kappa shape index (κ2) is 8.46. The monoisotopic (exact) mass is 404 g/mol. The van der Waals surface area contributed by atoms with Crippen LogP contribution in [-0.4, -0.2) is 38.0 Å². The zero-order valence-corrected chi connectivity index (χ0v) is 17.1. The Bertz CT molecular complexity index is 903. The molecule has 1 saturated heterocycles. The molecule has 1 fully saturated rings. The van der Waals surface area contributed by atoms with Crippen molar-refractivity contribution >= 4 is 33.4 Å². The molecule has 27 heavy (non-hydrogen) atoms. The molecule has 7 heteroatoms. The number of para-hydroxylation sites is 1. The van der Waals surface area contributed by atoms with Gasteiger partial charge in [0.25, 0.3) is 0 Å². The highest BCUT2D eigenvalue weighted by molar-refractivity contribution is 7.98. The van der Waals surface area contributed by atoms with Gasteiger partial charge in [-0.2, -0.15) is 4.31 Å². The SMILES string of the molecule is CSc1ccccc1NC(=O)C1CCN(S(=O)(=O)c2ccc(C)cc2)CC1. The van der Waals surface area contributed by atoms with Gasteiger partial charge in [0, 0.05) is 23.9 Å². The van der Waals surface area contributed by atoms with Crippen molar-refractivity contribution in [1.29, 1.82) is 0 Å². The van der Waals surface area contributed by atoms with Gasteiger partial charge in [0.15, 0.2) is 0 Å². The zero-order valence-electron chi connectivity index (χ0n) is 15.5. The topological polar surface area (TPSA) is 66.5 Å². The summed E-state index contributed by atoms with van der Waals surface area (Å²) in [6, 6.07) is 14.6. The first kappa shape index (κ1) is 19.9. The van der Waals surface area contributed by atoms with Crippen molar-refractivity contribution in [2.24, 2.45) is 5.92 Å². The van der Waals surface area contributed by atoms with E-state index < -0.39 is 10.0 Å². The summed E-state index contributed by atoms with van der Waals surface area (Å²) < 4.78 is 27.0. The Hall–Kier alpha value is -1.83. The number of thioether (sulfide) groups is 1. The molecule has 0 saturated carbocycles.